The van der Waals surface area contributed by atoms with Crippen molar-refractivity contribution >= 4 is 28.5 Å². The Morgan fingerprint density at radius 1 is 1.44 bits per heavy atom. The number of thiazole rings is 1. The number of nitrogens with one attached hydrogen (secondary N) is 2. The van der Waals surface area contributed by atoms with E-state index in [0.717, 1.165) is 10.6 Å². The lowest BCUT2D eigenvalue weighted by atomic mass is 10.1. The zero-order valence-corrected chi connectivity index (χ0v) is 11.4. The van der Waals surface area contributed by atoms with E-state index in [9.17, 15) is 9.59 Å². The molecule has 100 valence electrons. The predicted octanol–water partition coefficient (Wildman–Crippen LogP) is 1.99. The fraction of sp³-hybridized carbons (Fsp3) is 0.545. The number of anilines is 1. The molecule has 1 atom stereocenters. The second-order valence-corrected chi connectivity index (χ2v) is 5.40. The molecule has 7 heteroatoms. The molecule has 0 aliphatic rings. The summed E-state index contributed by atoms with van der Waals surface area (Å²) in [6.07, 6.45) is 0.0374. The topological polar surface area (TPSA) is 91.3 Å². The molecule has 1 heterocycles. The van der Waals surface area contributed by atoms with Crippen LogP contribution in [-0.2, 0) is 4.79 Å². The number of rotatable bonds is 5. The van der Waals surface area contributed by atoms with Crippen LogP contribution >= 0.6 is 11.3 Å². The number of carboxylic acid groups (broad SMARTS) is 1. The summed E-state index contributed by atoms with van der Waals surface area (Å²) >= 11 is 1.41. The van der Waals surface area contributed by atoms with Crippen LogP contribution < -0.4 is 10.6 Å². The van der Waals surface area contributed by atoms with Crippen molar-refractivity contribution in [3.05, 3.63) is 10.6 Å². The Kier molecular flexibility index (Phi) is 5.08. The molecule has 0 spiro atoms. The molecule has 1 unspecified atom stereocenters. The van der Waals surface area contributed by atoms with E-state index in [0.29, 0.717) is 11.7 Å². The summed E-state index contributed by atoms with van der Waals surface area (Å²) in [4.78, 5) is 27.2. The van der Waals surface area contributed by atoms with Gasteiger partial charge in [0.1, 0.15) is 0 Å². The van der Waals surface area contributed by atoms with Gasteiger partial charge >= 0.3 is 12.0 Å². The Morgan fingerprint density at radius 2 is 2.11 bits per heavy atom. The van der Waals surface area contributed by atoms with Gasteiger partial charge in [-0.05, 0) is 19.8 Å². The van der Waals surface area contributed by atoms with Crippen molar-refractivity contribution in [3.8, 4) is 0 Å². The highest BCUT2D eigenvalue weighted by atomic mass is 32.1. The molecule has 0 radical (unpaired) electrons. The third kappa shape index (κ3) is 4.70. The summed E-state index contributed by atoms with van der Waals surface area (Å²) in [5, 5.41) is 14.4. The van der Waals surface area contributed by atoms with Crippen molar-refractivity contribution in [2.24, 2.45) is 5.92 Å². The molecule has 0 aromatic carbocycles. The van der Waals surface area contributed by atoms with Crippen molar-refractivity contribution in [2.75, 3.05) is 11.9 Å². The highest BCUT2D eigenvalue weighted by molar-refractivity contribution is 7.15. The molecule has 0 aliphatic carbocycles. The van der Waals surface area contributed by atoms with E-state index in [1.165, 1.54) is 11.3 Å². The van der Waals surface area contributed by atoms with Gasteiger partial charge in [-0.1, -0.05) is 6.92 Å². The number of carbonyl (C=O) groups is 2. The third-order valence-electron chi connectivity index (χ3n) is 2.38. The normalized spacial score (nSPS) is 11.9. The molecular weight excluding hydrogens is 254 g/mol. The summed E-state index contributed by atoms with van der Waals surface area (Å²) in [7, 11) is 0. The Labute approximate surface area is 109 Å². The van der Waals surface area contributed by atoms with Gasteiger partial charge in [0.15, 0.2) is 5.13 Å². The van der Waals surface area contributed by atoms with Crippen molar-refractivity contribution in [1.82, 2.24) is 10.3 Å². The highest BCUT2D eigenvalue weighted by Crippen LogP contribution is 2.20. The number of carboxylic acids is 1. The van der Waals surface area contributed by atoms with Crippen LogP contribution in [0, 0.1) is 19.8 Å². The molecule has 18 heavy (non-hydrogen) atoms. The van der Waals surface area contributed by atoms with E-state index < -0.39 is 5.97 Å². The molecule has 6 nitrogen and oxygen atoms in total. The summed E-state index contributed by atoms with van der Waals surface area (Å²) in [6, 6.07) is -0.360. The molecule has 2 amide bonds. The molecule has 0 saturated heterocycles. The second kappa shape index (κ2) is 6.34. The van der Waals surface area contributed by atoms with Crippen molar-refractivity contribution < 1.29 is 14.7 Å². The average Bonchev–Trinajstić information content (AvgIpc) is 2.54. The van der Waals surface area contributed by atoms with Crippen LogP contribution in [0.4, 0.5) is 9.93 Å². The number of nitrogens with zero attached hydrogens (tertiary/aromatic N) is 1. The lowest BCUT2D eigenvalue weighted by Gasteiger charge is -2.10. The zero-order valence-electron chi connectivity index (χ0n) is 10.6. The van der Waals surface area contributed by atoms with Gasteiger partial charge in [-0.15, -0.1) is 11.3 Å². The molecule has 3 N–H and O–H groups in total. The van der Waals surface area contributed by atoms with Crippen LogP contribution in [0.5, 0.6) is 0 Å². The summed E-state index contributed by atoms with van der Waals surface area (Å²) in [5.41, 5.74) is 0.898. The van der Waals surface area contributed by atoms with Crippen LogP contribution in [-0.4, -0.2) is 28.6 Å². The lowest BCUT2D eigenvalue weighted by molar-refractivity contribution is -0.137. The molecule has 0 fully saturated rings. The first-order valence-corrected chi connectivity index (χ1v) is 6.40. The summed E-state index contributed by atoms with van der Waals surface area (Å²) < 4.78 is 0. The summed E-state index contributed by atoms with van der Waals surface area (Å²) in [6.45, 7) is 5.91. The van der Waals surface area contributed by atoms with Crippen LogP contribution in [0.15, 0.2) is 0 Å². The molecule has 1 aromatic heterocycles. The van der Waals surface area contributed by atoms with E-state index >= 15 is 0 Å². The van der Waals surface area contributed by atoms with Gasteiger partial charge in [0.25, 0.3) is 0 Å². The molecule has 1 aromatic rings. The molecule has 1 rings (SSSR count). The van der Waals surface area contributed by atoms with E-state index in [-0.39, 0.29) is 18.4 Å². The van der Waals surface area contributed by atoms with Crippen LogP contribution in [0.25, 0.3) is 0 Å². The van der Waals surface area contributed by atoms with Crippen LogP contribution in [0.1, 0.15) is 23.9 Å². The first kappa shape index (κ1) is 14.4. The maximum Gasteiger partial charge on any atom is 0.321 e. The second-order valence-electron chi connectivity index (χ2n) is 4.20. The third-order valence-corrected chi connectivity index (χ3v) is 3.37. The maximum atomic E-state index is 11.5. The van der Waals surface area contributed by atoms with E-state index in [2.05, 4.69) is 15.6 Å². The fourth-order valence-electron chi connectivity index (χ4n) is 1.30. The average molecular weight is 271 g/mol. The van der Waals surface area contributed by atoms with Gasteiger partial charge in [0, 0.05) is 17.8 Å². The highest BCUT2D eigenvalue weighted by Gasteiger charge is 2.11. The van der Waals surface area contributed by atoms with Crippen LogP contribution in [0.3, 0.4) is 0 Å². The Bertz CT molecular complexity index is 425. The molecular formula is C11H17N3O3S. The Hall–Kier alpha value is -1.63. The molecule has 0 bridgehead atoms. The first-order chi connectivity index (χ1) is 8.38. The minimum atomic E-state index is -0.865. The molecule has 0 aliphatic heterocycles. The number of aryl methyl sites for hydroxylation is 2. The minimum Gasteiger partial charge on any atom is -0.481 e. The quantitative estimate of drug-likeness (QED) is 0.763. The van der Waals surface area contributed by atoms with Gasteiger partial charge in [-0.25, -0.2) is 9.78 Å². The van der Waals surface area contributed by atoms with E-state index in [1.54, 1.807) is 6.92 Å². The number of hydrogen-bond donors (Lipinski definition) is 3. The standard InChI is InChI=1S/C11H17N3O3S/c1-6(4-9(15)16)5-12-10(17)14-11-13-7(2)8(3)18-11/h6H,4-5H2,1-3H3,(H,15,16)(H2,12,13,14,17). The number of aromatic nitrogens is 1. The monoisotopic (exact) mass is 271 g/mol. The van der Waals surface area contributed by atoms with Gasteiger partial charge in [0.2, 0.25) is 0 Å². The largest absolute Gasteiger partial charge is 0.481 e. The van der Waals surface area contributed by atoms with Crippen molar-refractivity contribution in [1.29, 1.82) is 0 Å². The number of urea groups is 1. The molecule has 0 saturated carbocycles. The predicted molar refractivity (Wildman–Crippen MR) is 70.0 cm³/mol. The Balaban J connectivity index is 2.36. The SMILES string of the molecule is Cc1nc(NC(=O)NCC(C)CC(=O)O)sc1C. The zero-order chi connectivity index (χ0) is 13.7. The van der Waals surface area contributed by atoms with Crippen molar-refractivity contribution in [2.45, 2.75) is 27.2 Å². The Morgan fingerprint density at radius 3 is 2.61 bits per heavy atom. The fourth-order valence-corrected chi connectivity index (χ4v) is 2.11. The smallest absolute Gasteiger partial charge is 0.321 e. The minimum absolute atomic E-state index is 0.0374. The van der Waals surface area contributed by atoms with Gasteiger partial charge in [0.05, 0.1) is 5.69 Å². The van der Waals surface area contributed by atoms with Gasteiger partial charge in [-0.3, -0.25) is 10.1 Å². The number of carbonyl (C=O) groups excluding carboxylic acids is 1. The lowest BCUT2D eigenvalue weighted by Crippen LogP contribution is -2.32. The number of hydrogen-bond acceptors (Lipinski definition) is 4. The van der Waals surface area contributed by atoms with Crippen LogP contribution in [0.2, 0.25) is 0 Å². The number of aliphatic carboxylic acids is 1. The van der Waals surface area contributed by atoms with E-state index in [1.807, 2.05) is 13.8 Å². The maximum absolute atomic E-state index is 11.5. The van der Waals surface area contributed by atoms with E-state index in [4.69, 9.17) is 5.11 Å². The van der Waals surface area contributed by atoms with Crippen molar-refractivity contribution in [3.63, 3.8) is 0 Å². The number of amides is 2. The van der Waals surface area contributed by atoms with Gasteiger partial charge < -0.3 is 10.4 Å². The first-order valence-electron chi connectivity index (χ1n) is 5.59. The van der Waals surface area contributed by atoms with Gasteiger partial charge in [-0.2, -0.15) is 0 Å². The summed E-state index contributed by atoms with van der Waals surface area (Å²) in [5.74, 6) is -0.969.